The summed E-state index contributed by atoms with van der Waals surface area (Å²) in [5.74, 6) is -0.608. The highest BCUT2D eigenvalue weighted by atomic mass is 16.5. The predicted octanol–water partition coefficient (Wildman–Crippen LogP) is 3.03. The van der Waals surface area contributed by atoms with Crippen LogP contribution in [0.5, 0.6) is 5.75 Å². The number of likely N-dealkylation sites (tertiary alicyclic amines) is 1. The summed E-state index contributed by atoms with van der Waals surface area (Å²) < 4.78 is 5.22. The Balaban J connectivity index is 1.86. The molecule has 1 heterocycles. The van der Waals surface area contributed by atoms with Crippen molar-refractivity contribution in [3.05, 3.63) is 42.0 Å². The van der Waals surface area contributed by atoms with Gasteiger partial charge in [-0.15, -0.1) is 0 Å². The van der Waals surface area contributed by atoms with E-state index >= 15 is 0 Å². The molecule has 0 unspecified atom stereocenters. The second kappa shape index (κ2) is 6.51. The van der Waals surface area contributed by atoms with E-state index in [0.29, 0.717) is 13.0 Å². The Morgan fingerprint density at radius 3 is 2.62 bits per heavy atom. The Labute approximate surface area is 140 Å². The molecule has 0 saturated carbocycles. The first-order valence-electron chi connectivity index (χ1n) is 8.12. The highest BCUT2D eigenvalue weighted by Crippen LogP contribution is 2.28. The second-order valence-electron chi connectivity index (χ2n) is 6.22. The van der Waals surface area contributed by atoms with Crippen molar-refractivity contribution in [2.45, 2.75) is 31.7 Å². The minimum Gasteiger partial charge on any atom is -0.497 e. The molecule has 2 atom stereocenters. The van der Waals surface area contributed by atoms with Gasteiger partial charge in [0.1, 0.15) is 11.8 Å². The van der Waals surface area contributed by atoms with E-state index in [0.717, 1.165) is 28.5 Å². The van der Waals surface area contributed by atoms with E-state index in [1.54, 1.807) is 7.11 Å². The number of aliphatic carboxylic acids is 1. The van der Waals surface area contributed by atoms with Crippen molar-refractivity contribution in [3.8, 4) is 5.75 Å². The number of benzene rings is 2. The maximum Gasteiger partial charge on any atom is 0.326 e. The molecule has 3 rings (SSSR count). The molecule has 2 aromatic rings. The van der Waals surface area contributed by atoms with Crippen molar-refractivity contribution >= 4 is 22.6 Å². The van der Waals surface area contributed by atoms with Gasteiger partial charge in [0.05, 0.1) is 13.0 Å². The number of fused-ring (bicyclic) bond motifs is 1. The number of hydrogen-bond donors (Lipinski definition) is 1. The Hall–Kier alpha value is -2.56. The molecule has 24 heavy (non-hydrogen) atoms. The number of carboxylic acid groups (broad SMARTS) is 1. The highest BCUT2D eigenvalue weighted by Gasteiger charge is 2.36. The van der Waals surface area contributed by atoms with Gasteiger partial charge in [0, 0.05) is 6.54 Å². The first kappa shape index (κ1) is 16.3. The third kappa shape index (κ3) is 2.94. The molecule has 1 saturated heterocycles. The van der Waals surface area contributed by atoms with Crippen LogP contribution >= 0.6 is 0 Å². The second-order valence-corrected chi connectivity index (χ2v) is 6.22. The van der Waals surface area contributed by atoms with E-state index in [1.807, 2.05) is 43.3 Å². The van der Waals surface area contributed by atoms with E-state index in [2.05, 4.69) is 0 Å². The number of amides is 1. The van der Waals surface area contributed by atoms with Crippen LogP contribution < -0.4 is 4.74 Å². The quantitative estimate of drug-likeness (QED) is 0.937. The summed E-state index contributed by atoms with van der Waals surface area (Å²) in [6.07, 6.45) is 1.28. The van der Waals surface area contributed by atoms with Crippen LogP contribution in [0.1, 0.15) is 31.2 Å². The molecule has 126 valence electrons. The number of hydrogen-bond acceptors (Lipinski definition) is 3. The largest absolute Gasteiger partial charge is 0.497 e. The standard InChI is InChI=1S/C19H21NO4/c1-12(18(21)20-9-3-4-17(20)19(22)23)13-5-6-15-11-16(24-2)8-7-14(15)10-13/h5-8,10-12,17H,3-4,9H2,1-2H3,(H,22,23)/t12-,17+/m0/s1. The van der Waals surface area contributed by atoms with Crippen LogP contribution in [0.3, 0.4) is 0 Å². The molecule has 1 N–H and O–H groups in total. The van der Waals surface area contributed by atoms with Gasteiger partial charge in [-0.2, -0.15) is 0 Å². The topological polar surface area (TPSA) is 66.8 Å². The first-order valence-corrected chi connectivity index (χ1v) is 8.12. The lowest BCUT2D eigenvalue weighted by atomic mass is 9.96. The molecule has 0 aliphatic carbocycles. The van der Waals surface area contributed by atoms with Crippen LogP contribution in [0.2, 0.25) is 0 Å². The van der Waals surface area contributed by atoms with E-state index in [4.69, 9.17) is 4.74 Å². The number of carbonyl (C=O) groups excluding carboxylic acids is 1. The number of nitrogens with zero attached hydrogens (tertiary/aromatic N) is 1. The van der Waals surface area contributed by atoms with Crippen LogP contribution in [-0.4, -0.2) is 41.6 Å². The normalized spacial score (nSPS) is 18.6. The number of carboxylic acids is 1. The van der Waals surface area contributed by atoms with Crippen LogP contribution in [0.4, 0.5) is 0 Å². The summed E-state index contributed by atoms with van der Waals surface area (Å²) in [5.41, 5.74) is 0.897. The van der Waals surface area contributed by atoms with Gasteiger partial charge in [0.2, 0.25) is 5.91 Å². The van der Waals surface area contributed by atoms with Gasteiger partial charge in [-0.3, -0.25) is 4.79 Å². The smallest absolute Gasteiger partial charge is 0.326 e. The van der Waals surface area contributed by atoms with Gasteiger partial charge < -0.3 is 14.7 Å². The first-order chi connectivity index (χ1) is 11.5. The number of carbonyl (C=O) groups is 2. The van der Waals surface area contributed by atoms with Crippen LogP contribution in [0, 0.1) is 0 Å². The van der Waals surface area contributed by atoms with Crippen molar-refractivity contribution in [3.63, 3.8) is 0 Å². The SMILES string of the molecule is COc1ccc2cc([C@H](C)C(=O)N3CCC[C@@H]3C(=O)O)ccc2c1. The predicted molar refractivity (Wildman–Crippen MR) is 91.3 cm³/mol. The van der Waals surface area contributed by atoms with Crippen molar-refractivity contribution in [2.75, 3.05) is 13.7 Å². The Kier molecular flexibility index (Phi) is 4.42. The number of ether oxygens (including phenoxy) is 1. The maximum atomic E-state index is 12.7. The molecule has 0 bridgehead atoms. The zero-order valence-electron chi connectivity index (χ0n) is 13.9. The van der Waals surface area contributed by atoms with Crippen molar-refractivity contribution < 1.29 is 19.4 Å². The average molecular weight is 327 g/mol. The lowest BCUT2D eigenvalue weighted by molar-refractivity contribution is -0.148. The Bertz CT molecular complexity index is 786. The number of methoxy groups -OCH3 is 1. The summed E-state index contributed by atoms with van der Waals surface area (Å²) in [6, 6.07) is 11.0. The molecule has 0 aromatic heterocycles. The summed E-state index contributed by atoms with van der Waals surface area (Å²) in [5, 5.41) is 11.3. The Morgan fingerprint density at radius 2 is 1.92 bits per heavy atom. The van der Waals surface area contributed by atoms with Crippen molar-refractivity contribution in [1.82, 2.24) is 4.90 Å². The zero-order chi connectivity index (χ0) is 17.3. The molecule has 0 radical (unpaired) electrons. The Morgan fingerprint density at radius 1 is 1.21 bits per heavy atom. The fraction of sp³-hybridized carbons (Fsp3) is 0.368. The third-order valence-corrected chi connectivity index (χ3v) is 4.76. The molecule has 2 aromatic carbocycles. The van der Waals surface area contributed by atoms with Crippen LogP contribution in [-0.2, 0) is 9.59 Å². The van der Waals surface area contributed by atoms with E-state index in [-0.39, 0.29) is 11.8 Å². The van der Waals surface area contributed by atoms with E-state index < -0.39 is 12.0 Å². The molecule has 1 amide bonds. The molecule has 5 heteroatoms. The summed E-state index contributed by atoms with van der Waals surface area (Å²) in [6.45, 7) is 2.36. The van der Waals surface area contributed by atoms with E-state index in [9.17, 15) is 14.7 Å². The highest BCUT2D eigenvalue weighted by molar-refractivity contribution is 5.90. The van der Waals surface area contributed by atoms with Gasteiger partial charge >= 0.3 is 5.97 Å². The summed E-state index contributed by atoms with van der Waals surface area (Å²) in [7, 11) is 1.63. The lowest BCUT2D eigenvalue weighted by Gasteiger charge is -2.25. The van der Waals surface area contributed by atoms with Gasteiger partial charge in [-0.05, 0) is 48.2 Å². The fourth-order valence-electron chi connectivity index (χ4n) is 3.32. The van der Waals surface area contributed by atoms with Gasteiger partial charge in [0.25, 0.3) is 0 Å². The average Bonchev–Trinajstić information content (AvgIpc) is 3.09. The minimum atomic E-state index is -0.918. The molecule has 1 aliphatic heterocycles. The molecule has 1 aliphatic rings. The van der Waals surface area contributed by atoms with Crippen molar-refractivity contribution in [1.29, 1.82) is 0 Å². The monoisotopic (exact) mass is 327 g/mol. The summed E-state index contributed by atoms with van der Waals surface area (Å²) in [4.78, 5) is 25.5. The maximum absolute atomic E-state index is 12.7. The third-order valence-electron chi connectivity index (χ3n) is 4.76. The van der Waals surface area contributed by atoms with Crippen LogP contribution in [0.25, 0.3) is 10.8 Å². The van der Waals surface area contributed by atoms with E-state index in [1.165, 1.54) is 4.90 Å². The van der Waals surface area contributed by atoms with Crippen molar-refractivity contribution in [2.24, 2.45) is 0 Å². The molecule has 1 fully saturated rings. The molecule has 0 spiro atoms. The van der Waals surface area contributed by atoms with Gasteiger partial charge in [0.15, 0.2) is 0 Å². The minimum absolute atomic E-state index is 0.118. The van der Waals surface area contributed by atoms with Crippen LogP contribution in [0.15, 0.2) is 36.4 Å². The fourth-order valence-corrected chi connectivity index (χ4v) is 3.32. The summed E-state index contributed by atoms with van der Waals surface area (Å²) >= 11 is 0. The number of rotatable bonds is 4. The molecular formula is C19H21NO4. The van der Waals surface area contributed by atoms with Gasteiger partial charge in [-0.25, -0.2) is 4.79 Å². The molecule has 5 nitrogen and oxygen atoms in total. The van der Waals surface area contributed by atoms with Gasteiger partial charge in [-0.1, -0.05) is 24.3 Å². The zero-order valence-corrected chi connectivity index (χ0v) is 13.9. The lowest BCUT2D eigenvalue weighted by Crippen LogP contribution is -2.42. The molecular weight excluding hydrogens is 306 g/mol.